The first-order valence-corrected chi connectivity index (χ1v) is 11.6. The molecular formula is C28H30N4O. The van der Waals surface area contributed by atoms with Gasteiger partial charge in [-0.05, 0) is 74.1 Å². The van der Waals surface area contributed by atoms with E-state index in [0.717, 1.165) is 47.4 Å². The number of fused-ring (bicyclic) bond motifs is 1. The SMILES string of the molecule is C=C/C(=C\C)c1ccc2c(ccn2CC2CC(C)N(C(=O)CCc3ccc(C#N)cc3)C2)n1. The van der Waals surface area contributed by atoms with Crippen LogP contribution in [0.1, 0.15) is 43.5 Å². The van der Waals surface area contributed by atoms with Crippen LogP contribution in [0.3, 0.4) is 0 Å². The van der Waals surface area contributed by atoms with Crippen molar-refractivity contribution >= 4 is 22.5 Å². The minimum Gasteiger partial charge on any atom is -0.346 e. The van der Waals surface area contributed by atoms with E-state index in [1.54, 1.807) is 0 Å². The van der Waals surface area contributed by atoms with Gasteiger partial charge < -0.3 is 9.47 Å². The molecule has 1 aliphatic rings. The average molecular weight is 439 g/mol. The molecule has 1 aliphatic heterocycles. The largest absolute Gasteiger partial charge is 0.346 e. The Hall–Kier alpha value is -3.65. The summed E-state index contributed by atoms with van der Waals surface area (Å²) in [4.78, 5) is 19.7. The Balaban J connectivity index is 1.38. The Bertz CT molecular complexity index is 1230. The summed E-state index contributed by atoms with van der Waals surface area (Å²) in [5, 5.41) is 8.93. The molecule has 1 aromatic carbocycles. The molecule has 2 aromatic heterocycles. The number of rotatable bonds is 7. The van der Waals surface area contributed by atoms with E-state index < -0.39 is 0 Å². The lowest BCUT2D eigenvalue weighted by molar-refractivity contribution is -0.131. The van der Waals surface area contributed by atoms with Gasteiger partial charge in [0.25, 0.3) is 0 Å². The fraction of sp³-hybridized carbons (Fsp3) is 0.321. The molecular weight excluding hydrogens is 408 g/mol. The third kappa shape index (κ3) is 4.90. The fourth-order valence-electron chi connectivity index (χ4n) is 4.81. The van der Waals surface area contributed by atoms with Gasteiger partial charge >= 0.3 is 0 Å². The van der Waals surface area contributed by atoms with Crippen molar-refractivity contribution < 1.29 is 4.79 Å². The Morgan fingerprint density at radius 2 is 2.03 bits per heavy atom. The predicted octanol–water partition coefficient (Wildman–Crippen LogP) is 5.37. The molecule has 3 heterocycles. The van der Waals surface area contributed by atoms with Crippen LogP contribution in [0.5, 0.6) is 0 Å². The maximum atomic E-state index is 12.9. The van der Waals surface area contributed by atoms with E-state index in [1.807, 2.05) is 54.3 Å². The second-order valence-corrected chi connectivity index (χ2v) is 8.82. The minimum atomic E-state index is 0.210. The van der Waals surface area contributed by atoms with E-state index in [2.05, 4.69) is 42.5 Å². The van der Waals surface area contributed by atoms with Crippen LogP contribution in [0, 0.1) is 17.2 Å². The van der Waals surface area contributed by atoms with Crippen LogP contribution in [-0.4, -0.2) is 32.9 Å². The molecule has 3 aromatic rings. The van der Waals surface area contributed by atoms with Gasteiger partial charge in [-0.25, -0.2) is 4.98 Å². The number of hydrogen-bond acceptors (Lipinski definition) is 3. The number of amides is 1. The van der Waals surface area contributed by atoms with Gasteiger partial charge in [-0.3, -0.25) is 4.79 Å². The van der Waals surface area contributed by atoms with Crippen LogP contribution in [0.2, 0.25) is 0 Å². The number of carbonyl (C=O) groups excluding carboxylic acids is 1. The van der Waals surface area contributed by atoms with E-state index >= 15 is 0 Å². The number of nitriles is 1. The molecule has 4 rings (SSSR count). The normalized spacial score (nSPS) is 18.5. The second-order valence-electron chi connectivity index (χ2n) is 8.82. The molecule has 33 heavy (non-hydrogen) atoms. The van der Waals surface area contributed by atoms with E-state index in [1.165, 1.54) is 0 Å². The first-order valence-electron chi connectivity index (χ1n) is 11.6. The van der Waals surface area contributed by atoms with Crippen molar-refractivity contribution in [2.24, 2.45) is 5.92 Å². The summed E-state index contributed by atoms with van der Waals surface area (Å²) >= 11 is 0. The Kier molecular flexibility index (Phi) is 6.74. The number of carbonyl (C=O) groups is 1. The standard InChI is InChI=1S/C28H30N4O/c1-4-24(5-2)25-11-12-27-26(30-25)14-15-31(27)18-23-16-20(3)32(19-23)28(33)13-10-21-6-8-22(17-29)9-7-21/h4-9,11-12,14-15,20,23H,1,10,13,16,18-19H2,2-3H3/b24-5+. The third-order valence-corrected chi connectivity index (χ3v) is 6.60. The maximum absolute atomic E-state index is 12.9. The number of nitrogens with zero attached hydrogens (tertiary/aromatic N) is 4. The monoisotopic (exact) mass is 438 g/mol. The Morgan fingerprint density at radius 1 is 1.24 bits per heavy atom. The highest BCUT2D eigenvalue weighted by atomic mass is 16.2. The summed E-state index contributed by atoms with van der Waals surface area (Å²) in [6, 6.07) is 16.1. The van der Waals surface area contributed by atoms with Gasteiger partial charge in [-0.15, -0.1) is 0 Å². The molecule has 0 saturated carbocycles. The van der Waals surface area contributed by atoms with Crippen molar-refractivity contribution in [3.8, 4) is 6.07 Å². The summed E-state index contributed by atoms with van der Waals surface area (Å²) in [6.07, 6.45) is 8.16. The van der Waals surface area contributed by atoms with Crippen LogP contribution >= 0.6 is 0 Å². The molecule has 0 aliphatic carbocycles. The van der Waals surface area contributed by atoms with Gasteiger partial charge in [0.2, 0.25) is 5.91 Å². The van der Waals surface area contributed by atoms with Gasteiger partial charge in [-0.2, -0.15) is 5.26 Å². The molecule has 168 valence electrons. The number of benzene rings is 1. The maximum Gasteiger partial charge on any atom is 0.223 e. The molecule has 2 unspecified atom stereocenters. The van der Waals surface area contributed by atoms with Crippen molar-refractivity contribution in [3.05, 3.63) is 84.2 Å². The summed E-state index contributed by atoms with van der Waals surface area (Å²) in [5.74, 6) is 0.634. The molecule has 0 spiro atoms. The summed E-state index contributed by atoms with van der Waals surface area (Å²) in [5.41, 5.74) is 5.81. The van der Waals surface area contributed by atoms with Crippen molar-refractivity contribution in [2.75, 3.05) is 6.54 Å². The van der Waals surface area contributed by atoms with Crippen LogP contribution in [0.25, 0.3) is 16.6 Å². The first kappa shape index (κ1) is 22.5. The Labute approximate surface area is 195 Å². The summed E-state index contributed by atoms with van der Waals surface area (Å²) in [7, 11) is 0. The van der Waals surface area contributed by atoms with Gasteiger partial charge in [-0.1, -0.05) is 30.9 Å². The lowest BCUT2D eigenvalue weighted by Gasteiger charge is -2.21. The highest BCUT2D eigenvalue weighted by molar-refractivity contribution is 5.81. The Morgan fingerprint density at radius 3 is 2.73 bits per heavy atom. The lowest BCUT2D eigenvalue weighted by atomic mass is 10.1. The zero-order valence-corrected chi connectivity index (χ0v) is 19.4. The quantitative estimate of drug-likeness (QED) is 0.466. The van der Waals surface area contributed by atoms with Gasteiger partial charge in [0.05, 0.1) is 28.4 Å². The van der Waals surface area contributed by atoms with Crippen LogP contribution < -0.4 is 0 Å². The second kappa shape index (κ2) is 9.87. The van der Waals surface area contributed by atoms with Crippen molar-refractivity contribution in [1.82, 2.24) is 14.5 Å². The van der Waals surface area contributed by atoms with Crippen LogP contribution in [0.4, 0.5) is 0 Å². The smallest absolute Gasteiger partial charge is 0.223 e. The third-order valence-electron chi connectivity index (χ3n) is 6.60. The van der Waals surface area contributed by atoms with Gasteiger partial charge in [0.15, 0.2) is 0 Å². The van der Waals surface area contributed by atoms with Crippen LogP contribution in [0.15, 0.2) is 67.4 Å². The molecule has 0 radical (unpaired) electrons. The molecule has 2 atom stereocenters. The molecule has 5 nitrogen and oxygen atoms in total. The lowest BCUT2D eigenvalue weighted by Crippen LogP contribution is -2.34. The highest BCUT2D eigenvalue weighted by Gasteiger charge is 2.32. The van der Waals surface area contributed by atoms with Crippen molar-refractivity contribution in [2.45, 2.75) is 45.7 Å². The van der Waals surface area contributed by atoms with Crippen molar-refractivity contribution in [1.29, 1.82) is 5.26 Å². The van der Waals surface area contributed by atoms with E-state index in [9.17, 15) is 4.79 Å². The summed E-state index contributed by atoms with van der Waals surface area (Å²) in [6.45, 7) is 9.68. The zero-order chi connectivity index (χ0) is 23.4. The van der Waals surface area contributed by atoms with E-state index in [-0.39, 0.29) is 11.9 Å². The first-order chi connectivity index (χ1) is 16.0. The number of aromatic nitrogens is 2. The van der Waals surface area contributed by atoms with Gasteiger partial charge in [0.1, 0.15) is 0 Å². The highest BCUT2D eigenvalue weighted by Crippen LogP contribution is 2.27. The number of likely N-dealkylation sites (tertiary alicyclic amines) is 1. The fourth-order valence-corrected chi connectivity index (χ4v) is 4.81. The van der Waals surface area contributed by atoms with Crippen LogP contribution in [-0.2, 0) is 17.8 Å². The molecule has 5 heteroatoms. The predicted molar refractivity (Wildman–Crippen MR) is 132 cm³/mol. The molecule has 1 saturated heterocycles. The number of allylic oxidation sites excluding steroid dienone is 3. The number of hydrogen-bond donors (Lipinski definition) is 0. The zero-order valence-electron chi connectivity index (χ0n) is 19.4. The molecule has 1 fully saturated rings. The van der Waals surface area contributed by atoms with Crippen molar-refractivity contribution in [3.63, 3.8) is 0 Å². The van der Waals surface area contributed by atoms with E-state index in [4.69, 9.17) is 10.2 Å². The molecule has 1 amide bonds. The minimum absolute atomic E-state index is 0.210. The summed E-state index contributed by atoms with van der Waals surface area (Å²) < 4.78 is 2.26. The average Bonchev–Trinajstić information content (AvgIpc) is 3.41. The number of aryl methyl sites for hydroxylation is 1. The topological polar surface area (TPSA) is 61.9 Å². The molecule has 0 N–H and O–H groups in total. The van der Waals surface area contributed by atoms with Gasteiger partial charge in [0, 0.05) is 31.7 Å². The number of pyridine rings is 1. The molecule has 0 bridgehead atoms. The van der Waals surface area contributed by atoms with E-state index in [0.29, 0.717) is 24.3 Å².